The molecule has 0 radical (unpaired) electrons. The van der Waals surface area contributed by atoms with E-state index in [9.17, 15) is 22.8 Å². The van der Waals surface area contributed by atoms with Crippen molar-refractivity contribution >= 4 is 17.5 Å². The summed E-state index contributed by atoms with van der Waals surface area (Å²) in [5.41, 5.74) is 1.88. The predicted molar refractivity (Wildman–Crippen MR) is 136 cm³/mol. The second-order valence-corrected chi connectivity index (χ2v) is 10.7. The Hall–Kier alpha value is -3.76. The van der Waals surface area contributed by atoms with Crippen LogP contribution in [0.15, 0.2) is 36.8 Å². The first-order chi connectivity index (χ1) is 17.8. The van der Waals surface area contributed by atoms with Crippen LogP contribution >= 0.6 is 0 Å². The molecular weight excluding hydrogens is 497 g/mol. The Labute approximate surface area is 219 Å². The maximum atomic E-state index is 12.9. The molecule has 1 fully saturated rings. The van der Waals surface area contributed by atoms with Crippen molar-refractivity contribution in [1.82, 2.24) is 24.6 Å². The number of amides is 2. The number of halogens is 3. The molecule has 1 aliphatic heterocycles. The third-order valence-electron chi connectivity index (χ3n) is 6.73. The number of piperidine rings is 1. The minimum atomic E-state index is -4.49. The third kappa shape index (κ3) is 5.71. The Morgan fingerprint density at radius 1 is 1.00 bits per heavy atom. The summed E-state index contributed by atoms with van der Waals surface area (Å²) in [6, 6.07) is 4.00. The number of hydrogen-bond donors (Lipinski definition) is 1. The van der Waals surface area contributed by atoms with Crippen molar-refractivity contribution in [1.29, 1.82) is 0 Å². The van der Waals surface area contributed by atoms with Crippen LogP contribution in [0.1, 0.15) is 72.4 Å². The van der Waals surface area contributed by atoms with Gasteiger partial charge in [-0.05, 0) is 50.5 Å². The number of likely N-dealkylation sites (tertiary alicyclic amines) is 1. The largest absolute Gasteiger partial charge is 0.417 e. The first-order valence-corrected chi connectivity index (χ1v) is 12.4. The Balaban J connectivity index is 1.42. The molecular formula is C27H31F3N6O2. The van der Waals surface area contributed by atoms with Crippen LogP contribution in [0.2, 0.25) is 0 Å². The lowest BCUT2D eigenvalue weighted by Crippen LogP contribution is -2.43. The van der Waals surface area contributed by atoms with Crippen LogP contribution in [0.3, 0.4) is 0 Å². The number of nitrogens with zero attached hydrogens (tertiary/aromatic N) is 5. The molecule has 0 atom stereocenters. The zero-order valence-electron chi connectivity index (χ0n) is 22.1. The molecule has 0 saturated carbocycles. The van der Waals surface area contributed by atoms with E-state index in [1.54, 1.807) is 13.1 Å². The molecule has 202 valence electrons. The Kier molecular flexibility index (Phi) is 7.31. The molecule has 0 aliphatic carbocycles. The summed E-state index contributed by atoms with van der Waals surface area (Å²) in [5, 5.41) is 6.96. The molecule has 3 aromatic rings. The molecule has 4 heterocycles. The molecule has 8 nitrogen and oxygen atoms in total. The summed E-state index contributed by atoms with van der Waals surface area (Å²) < 4.78 is 39.8. The standard InChI is InChI=1S/C27H31F3N6O2/c1-16-12-20(14-32-23(16)18-8-10-35(11-9-18)25(38)26(3,4)5)34-24(37)21-15-33-36(17(21)2)22-7-6-19(13-31-22)27(28,29)30/h6-7,12-15,18H,8-11H2,1-5H3,(H,34,37). The van der Waals surface area contributed by atoms with Crippen molar-refractivity contribution < 1.29 is 22.8 Å². The fraction of sp³-hybridized carbons (Fsp3) is 0.444. The number of rotatable bonds is 4. The van der Waals surface area contributed by atoms with Crippen LogP contribution in [0.4, 0.5) is 18.9 Å². The van der Waals surface area contributed by atoms with Crippen molar-refractivity contribution in [2.45, 2.75) is 59.6 Å². The Morgan fingerprint density at radius 3 is 2.24 bits per heavy atom. The lowest BCUT2D eigenvalue weighted by Gasteiger charge is -2.36. The second kappa shape index (κ2) is 10.2. The van der Waals surface area contributed by atoms with Crippen LogP contribution in [0, 0.1) is 19.3 Å². The minimum Gasteiger partial charge on any atom is -0.342 e. The zero-order valence-corrected chi connectivity index (χ0v) is 22.1. The summed E-state index contributed by atoms with van der Waals surface area (Å²) in [7, 11) is 0. The van der Waals surface area contributed by atoms with E-state index >= 15 is 0 Å². The van der Waals surface area contributed by atoms with Crippen molar-refractivity contribution in [3.63, 3.8) is 0 Å². The molecule has 38 heavy (non-hydrogen) atoms. The van der Waals surface area contributed by atoms with Crippen LogP contribution < -0.4 is 5.32 Å². The summed E-state index contributed by atoms with van der Waals surface area (Å²) in [4.78, 5) is 35.9. The number of hydrogen-bond acceptors (Lipinski definition) is 5. The van der Waals surface area contributed by atoms with Crippen LogP contribution in [0.5, 0.6) is 0 Å². The second-order valence-electron chi connectivity index (χ2n) is 10.7. The van der Waals surface area contributed by atoms with Gasteiger partial charge in [-0.1, -0.05) is 20.8 Å². The van der Waals surface area contributed by atoms with Gasteiger partial charge < -0.3 is 10.2 Å². The SMILES string of the molecule is Cc1cc(NC(=O)c2cnn(-c3ccc(C(F)(F)F)cn3)c2C)cnc1C1CCN(C(=O)C(C)(C)C)CC1. The van der Waals surface area contributed by atoms with E-state index in [0.29, 0.717) is 24.5 Å². The van der Waals surface area contributed by atoms with Gasteiger partial charge in [0, 0.05) is 36.3 Å². The average molecular weight is 529 g/mol. The molecule has 0 bridgehead atoms. The number of carbonyl (C=O) groups is 2. The van der Waals surface area contributed by atoms with Gasteiger partial charge in [-0.3, -0.25) is 14.6 Å². The number of aromatic nitrogens is 4. The lowest BCUT2D eigenvalue weighted by atomic mass is 9.88. The highest BCUT2D eigenvalue weighted by atomic mass is 19.4. The molecule has 2 amide bonds. The molecule has 0 aromatic carbocycles. The highest BCUT2D eigenvalue weighted by molar-refractivity contribution is 6.04. The first-order valence-electron chi connectivity index (χ1n) is 12.4. The minimum absolute atomic E-state index is 0.159. The van der Waals surface area contributed by atoms with Gasteiger partial charge in [0.25, 0.3) is 5.91 Å². The van der Waals surface area contributed by atoms with Crippen molar-refractivity contribution in [2.24, 2.45) is 5.41 Å². The van der Waals surface area contributed by atoms with E-state index < -0.39 is 23.1 Å². The van der Waals surface area contributed by atoms with E-state index in [2.05, 4.69) is 20.4 Å². The van der Waals surface area contributed by atoms with Gasteiger partial charge in [0.1, 0.15) is 0 Å². The van der Waals surface area contributed by atoms with E-state index in [1.165, 1.54) is 16.9 Å². The highest BCUT2D eigenvalue weighted by Gasteiger charge is 2.32. The van der Waals surface area contributed by atoms with Crippen LogP contribution in [-0.2, 0) is 11.0 Å². The number of nitrogens with one attached hydrogen (secondary N) is 1. The van der Waals surface area contributed by atoms with Crippen molar-refractivity contribution in [3.8, 4) is 5.82 Å². The molecule has 11 heteroatoms. The van der Waals surface area contributed by atoms with Gasteiger partial charge >= 0.3 is 6.18 Å². The quantitative estimate of drug-likeness (QED) is 0.496. The number of pyridine rings is 2. The van der Waals surface area contributed by atoms with Crippen LogP contribution in [-0.4, -0.2) is 49.6 Å². The number of alkyl halides is 3. The van der Waals surface area contributed by atoms with Crippen LogP contribution in [0.25, 0.3) is 5.82 Å². The van der Waals surface area contributed by atoms with Gasteiger partial charge in [-0.2, -0.15) is 18.3 Å². The summed E-state index contributed by atoms with van der Waals surface area (Å²) >= 11 is 0. The van der Waals surface area contributed by atoms with Gasteiger partial charge in [0.2, 0.25) is 5.91 Å². The smallest absolute Gasteiger partial charge is 0.342 e. The Morgan fingerprint density at radius 2 is 1.68 bits per heavy atom. The van der Waals surface area contributed by atoms with Gasteiger partial charge in [-0.15, -0.1) is 0 Å². The molecule has 3 aromatic heterocycles. The molecule has 1 aliphatic rings. The normalized spacial score (nSPS) is 15.0. The lowest BCUT2D eigenvalue weighted by molar-refractivity contribution is -0.140. The fourth-order valence-electron chi connectivity index (χ4n) is 4.65. The van der Waals surface area contributed by atoms with Gasteiger partial charge in [0.05, 0.1) is 34.9 Å². The molecule has 1 saturated heterocycles. The van der Waals surface area contributed by atoms with Gasteiger partial charge in [0.15, 0.2) is 5.82 Å². The molecule has 0 unspecified atom stereocenters. The summed E-state index contributed by atoms with van der Waals surface area (Å²) in [5.74, 6) is 0.155. The third-order valence-corrected chi connectivity index (χ3v) is 6.73. The predicted octanol–water partition coefficient (Wildman–Crippen LogP) is 5.30. The van der Waals surface area contributed by atoms with Gasteiger partial charge in [-0.25, -0.2) is 9.67 Å². The topological polar surface area (TPSA) is 93.0 Å². The number of carbonyl (C=O) groups excluding carboxylic acids is 2. The first kappa shape index (κ1) is 27.3. The van der Waals surface area contributed by atoms with Crippen molar-refractivity contribution in [3.05, 3.63) is 64.9 Å². The molecule has 1 N–H and O–H groups in total. The average Bonchev–Trinajstić information content (AvgIpc) is 3.24. The fourth-order valence-corrected chi connectivity index (χ4v) is 4.65. The molecule has 4 rings (SSSR count). The maximum absolute atomic E-state index is 12.9. The number of anilines is 1. The molecule has 0 spiro atoms. The number of aryl methyl sites for hydroxylation is 1. The van der Waals surface area contributed by atoms with E-state index in [-0.39, 0.29) is 23.2 Å². The zero-order chi connectivity index (χ0) is 27.8. The Bertz CT molecular complexity index is 1330. The monoisotopic (exact) mass is 528 g/mol. The highest BCUT2D eigenvalue weighted by Crippen LogP contribution is 2.32. The maximum Gasteiger partial charge on any atom is 0.417 e. The van der Waals surface area contributed by atoms with E-state index in [1.807, 2.05) is 38.7 Å². The van der Waals surface area contributed by atoms with E-state index in [4.69, 9.17) is 0 Å². The summed E-state index contributed by atoms with van der Waals surface area (Å²) in [6.07, 6.45) is 0.878. The van der Waals surface area contributed by atoms with Crippen molar-refractivity contribution in [2.75, 3.05) is 18.4 Å². The summed E-state index contributed by atoms with van der Waals surface area (Å²) in [6.45, 7) is 10.8. The van der Waals surface area contributed by atoms with E-state index in [0.717, 1.165) is 36.4 Å².